The summed E-state index contributed by atoms with van der Waals surface area (Å²) in [6.45, 7) is 7.42. The highest BCUT2D eigenvalue weighted by molar-refractivity contribution is 7.89. The number of aryl methyl sites for hydroxylation is 1. The normalized spacial score (nSPS) is 18.3. The van der Waals surface area contributed by atoms with E-state index >= 15 is 0 Å². The van der Waals surface area contributed by atoms with Crippen LogP contribution in [-0.4, -0.2) is 32.4 Å². The smallest absolute Gasteiger partial charge is 0.244 e. The van der Waals surface area contributed by atoms with Gasteiger partial charge < -0.3 is 5.73 Å². The molecular weight excluding hydrogens is 284 g/mol. The molecule has 1 saturated heterocycles. The first-order valence-electron chi connectivity index (χ1n) is 7.06. The molecule has 1 aromatic rings. The van der Waals surface area contributed by atoms with Crippen molar-refractivity contribution in [2.75, 3.05) is 19.6 Å². The molecule has 0 amide bonds. The molecule has 2 rings (SSSR count). The van der Waals surface area contributed by atoms with Crippen molar-refractivity contribution in [1.82, 2.24) is 4.31 Å². The summed E-state index contributed by atoms with van der Waals surface area (Å²) in [6.07, 6.45) is 0.877. The van der Waals surface area contributed by atoms with Crippen molar-refractivity contribution in [3.05, 3.63) is 29.3 Å². The van der Waals surface area contributed by atoms with Gasteiger partial charge in [0.05, 0.1) is 11.4 Å². The fourth-order valence-corrected chi connectivity index (χ4v) is 4.28. The SMILES string of the molecule is Cc1ccc(S(=O)(=O)N2CCC(C)(C)C2)c(C#CCN)c1. The van der Waals surface area contributed by atoms with Crippen LogP contribution in [0.5, 0.6) is 0 Å². The quantitative estimate of drug-likeness (QED) is 0.846. The Morgan fingerprint density at radius 3 is 2.67 bits per heavy atom. The van der Waals surface area contributed by atoms with Gasteiger partial charge in [0.25, 0.3) is 0 Å². The second-order valence-corrected chi connectivity index (χ2v) is 8.16. The zero-order chi connectivity index (χ0) is 15.7. The molecule has 1 heterocycles. The maximum atomic E-state index is 12.8. The molecule has 21 heavy (non-hydrogen) atoms. The van der Waals surface area contributed by atoms with Gasteiger partial charge in [-0.15, -0.1) is 0 Å². The van der Waals surface area contributed by atoms with Crippen LogP contribution in [0.15, 0.2) is 23.1 Å². The molecule has 0 bridgehead atoms. The van der Waals surface area contributed by atoms with Gasteiger partial charge in [0, 0.05) is 18.7 Å². The molecule has 114 valence electrons. The summed E-state index contributed by atoms with van der Waals surface area (Å²) < 4.78 is 27.2. The van der Waals surface area contributed by atoms with Crippen LogP contribution in [0.4, 0.5) is 0 Å². The number of sulfonamides is 1. The third-order valence-electron chi connectivity index (χ3n) is 3.72. The molecule has 0 radical (unpaired) electrons. The van der Waals surface area contributed by atoms with Crippen molar-refractivity contribution < 1.29 is 8.42 Å². The van der Waals surface area contributed by atoms with E-state index in [1.807, 2.05) is 13.0 Å². The summed E-state index contributed by atoms with van der Waals surface area (Å²) >= 11 is 0. The first-order valence-corrected chi connectivity index (χ1v) is 8.50. The molecule has 1 aliphatic heterocycles. The Labute approximate surface area is 127 Å². The van der Waals surface area contributed by atoms with Gasteiger partial charge in [0.2, 0.25) is 10.0 Å². The van der Waals surface area contributed by atoms with E-state index in [1.165, 1.54) is 0 Å². The summed E-state index contributed by atoms with van der Waals surface area (Å²) in [7, 11) is -3.50. The molecule has 5 heteroatoms. The maximum Gasteiger partial charge on any atom is 0.244 e. The minimum Gasteiger partial charge on any atom is -0.320 e. The lowest BCUT2D eigenvalue weighted by molar-refractivity contribution is 0.375. The third-order valence-corrected chi connectivity index (χ3v) is 5.62. The van der Waals surface area contributed by atoms with Crippen molar-refractivity contribution in [1.29, 1.82) is 0 Å². The number of nitrogens with zero attached hydrogens (tertiary/aromatic N) is 1. The zero-order valence-corrected chi connectivity index (χ0v) is 13.6. The van der Waals surface area contributed by atoms with E-state index in [0.717, 1.165) is 12.0 Å². The minimum absolute atomic E-state index is 0.0286. The van der Waals surface area contributed by atoms with Crippen LogP contribution in [0.25, 0.3) is 0 Å². The average Bonchev–Trinajstić information content (AvgIpc) is 2.77. The molecule has 0 aromatic heterocycles. The lowest BCUT2D eigenvalue weighted by Gasteiger charge is -2.20. The summed E-state index contributed by atoms with van der Waals surface area (Å²) in [5, 5.41) is 0. The first kappa shape index (κ1) is 16.0. The first-order chi connectivity index (χ1) is 9.76. The summed E-state index contributed by atoms with van der Waals surface area (Å²) in [5.41, 5.74) is 6.94. The van der Waals surface area contributed by atoms with Gasteiger partial charge in [0.15, 0.2) is 0 Å². The van der Waals surface area contributed by atoms with Gasteiger partial charge in [-0.1, -0.05) is 31.8 Å². The number of benzene rings is 1. The molecule has 0 spiro atoms. The van der Waals surface area contributed by atoms with Crippen LogP contribution in [-0.2, 0) is 10.0 Å². The van der Waals surface area contributed by atoms with Gasteiger partial charge in [0.1, 0.15) is 0 Å². The predicted octanol–water partition coefficient (Wildman–Crippen LogP) is 1.73. The average molecular weight is 306 g/mol. The van der Waals surface area contributed by atoms with Crippen LogP contribution >= 0.6 is 0 Å². The second-order valence-electron chi connectivity index (χ2n) is 6.26. The monoisotopic (exact) mass is 306 g/mol. The highest BCUT2D eigenvalue weighted by Gasteiger charge is 2.37. The third kappa shape index (κ3) is 3.46. The van der Waals surface area contributed by atoms with Gasteiger partial charge in [-0.3, -0.25) is 0 Å². The van der Waals surface area contributed by atoms with Gasteiger partial charge in [-0.05, 0) is 36.5 Å². The lowest BCUT2D eigenvalue weighted by atomic mass is 9.93. The van der Waals surface area contributed by atoms with E-state index in [1.54, 1.807) is 16.4 Å². The van der Waals surface area contributed by atoms with E-state index in [9.17, 15) is 8.42 Å². The Kier molecular flexibility index (Phi) is 4.43. The van der Waals surface area contributed by atoms with Crippen LogP contribution < -0.4 is 5.73 Å². The molecule has 1 aromatic carbocycles. The van der Waals surface area contributed by atoms with Crippen molar-refractivity contribution in [2.45, 2.75) is 32.1 Å². The summed E-state index contributed by atoms with van der Waals surface area (Å²) in [6, 6.07) is 5.26. The van der Waals surface area contributed by atoms with E-state index in [0.29, 0.717) is 18.7 Å². The van der Waals surface area contributed by atoms with Crippen molar-refractivity contribution >= 4 is 10.0 Å². The summed E-state index contributed by atoms with van der Waals surface area (Å²) in [4.78, 5) is 0.284. The Morgan fingerprint density at radius 2 is 2.10 bits per heavy atom. The maximum absolute atomic E-state index is 12.8. The number of hydrogen-bond acceptors (Lipinski definition) is 3. The topological polar surface area (TPSA) is 63.4 Å². The Balaban J connectivity index is 2.45. The molecular formula is C16H22N2O2S. The molecule has 0 atom stereocenters. The van der Waals surface area contributed by atoms with Crippen molar-refractivity contribution in [2.24, 2.45) is 11.1 Å². The molecule has 1 fully saturated rings. The van der Waals surface area contributed by atoms with Crippen LogP contribution in [0.1, 0.15) is 31.4 Å². The molecule has 0 aliphatic carbocycles. The minimum atomic E-state index is -3.50. The van der Waals surface area contributed by atoms with Gasteiger partial charge in [-0.25, -0.2) is 8.42 Å². The standard InChI is InChI=1S/C16H22N2O2S/c1-13-6-7-15(14(11-13)5-4-9-17)21(19,20)18-10-8-16(2,3)12-18/h6-7,11H,8-10,12,17H2,1-3H3. The predicted molar refractivity (Wildman–Crippen MR) is 84.3 cm³/mol. The Morgan fingerprint density at radius 1 is 1.38 bits per heavy atom. The highest BCUT2D eigenvalue weighted by atomic mass is 32.2. The molecule has 0 saturated carbocycles. The zero-order valence-electron chi connectivity index (χ0n) is 12.8. The van der Waals surface area contributed by atoms with Gasteiger partial charge >= 0.3 is 0 Å². The van der Waals surface area contributed by atoms with Crippen LogP contribution in [0.3, 0.4) is 0 Å². The Bertz CT molecular complexity index is 697. The lowest BCUT2D eigenvalue weighted by Crippen LogP contribution is -2.31. The summed E-state index contributed by atoms with van der Waals surface area (Å²) in [5.74, 6) is 5.63. The fraction of sp³-hybridized carbons (Fsp3) is 0.500. The van der Waals surface area contributed by atoms with E-state index in [2.05, 4.69) is 25.7 Å². The number of rotatable bonds is 2. The van der Waals surface area contributed by atoms with E-state index in [-0.39, 0.29) is 16.9 Å². The van der Waals surface area contributed by atoms with Crippen LogP contribution in [0, 0.1) is 24.2 Å². The van der Waals surface area contributed by atoms with Crippen molar-refractivity contribution in [3.8, 4) is 11.8 Å². The van der Waals surface area contributed by atoms with E-state index < -0.39 is 10.0 Å². The van der Waals surface area contributed by atoms with E-state index in [4.69, 9.17) is 5.73 Å². The molecule has 2 N–H and O–H groups in total. The fourth-order valence-electron chi connectivity index (χ4n) is 2.52. The molecule has 4 nitrogen and oxygen atoms in total. The molecule has 0 unspecified atom stereocenters. The number of nitrogens with two attached hydrogens (primary N) is 1. The Hall–Kier alpha value is -1.35. The van der Waals surface area contributed by atoms with Crippen molar-refractivity contribution in [3.63, 3.8) is 0 Å². The second kappa shape index (κ2) is 5.80. The number of hydrogen-bond donors (Lipinski definition) is 1. The molecule has 1 aliphatic rings. The van der Waals surface area contributed by atoms with Gasteiger partial charge in [-0.2, -0.15) is 4.31 Å². The highest BCUT2D eigenvalue weighted by Crippen LogP contribution is 2.33. The van der Waals surface area contributed by atoms with Crippen LogP contribution in [0.2, 0.25) is 0 Å². The largest absolute Gasteiger partial charge is 0.320 e.